The smallest absolute Gasteiger partial charge is 0.427 e. The van der Waals surface area contributed by atoms with Crippen molar-refractivity contribution in [1.29, 1.82) is 0 Å². The van der Waals surface area contributed by atoms with Gasteiger partial charge in [-0.25, -0.2) is 4.39 Å². The van der Waals surface area contributed by atoms with Gasteiger partial charge >= 0.3 is 6.18 Å². The van der Waals surface area contributed by atoms with Crippen LogP contribution in [0.4, 0.5) is 17.6 Å². The topological polar surface area (TPSA) is 61.0 Å². The van der Waals surface area contributed by atoms with E-state index in [1.54, 1.807) is 0 Å². The number of rotatable bonds is 3. The molecule has 0 spiro atoms. The Balaban J connectivity index is 2.20. The second-order valence-corrected chi connectivity index (χ2v) is 4.38. The van der Waals surface area contributed by atoms with E-state index in [1.807, 2.05) is 0 Å². The summed E-state index contributed by atoms with van der Waals surface area (Å²) in [7, 11) is 0. The summed E-state index contributed by atoms with van der Waals surface area (Å²) in [5.74, 6) is -0.964. The van der Waals surface area contributed by atoms with Crippen LogP contribution >= 0.6 is 11.3 Å². The molecule has 0 fully saturated rings. The second-order valence-electron chi connectivity index (χ2n) is 3.44. The molecule has 2 rings (SSSR count). The lowest BCUT2D eigenvalue weighted by Crippen LogP contribution is -2.03. The van der Waals surface area contributed by atoms with E-state index in [2.05, 4.69) is 10.2 Å². The molecule has 0 bridgehead atoms. The fourth-order valence-corrected chi connectivity index (χ4v) is 1.79. The van der Waals surface area contributed by atoms with Gasteiger partial charge in [0.1, 0.15) is 0 Å². The molecule has 0 saturated carbocycles. The van der Waals surface area contributed by atoms with Crippen molar-refractivity contribution in [2.45, 2.75) is 12.7 Å². The number of ether oxygens (including phenoxy) is 1. The van der Waals surface area contributed by atoms with Gasteiger partial charge < -0.3 is 10.5 Å². The van der Waals surface area contributed by atoms with Crippen molar-refractivity contribution < 1.29 is 22.3 Å². The number of hydrogen-bond acceptors (Lipinski definition) is 5. The van der Waals surface area contributed by atoms with E-state index < -0.39 is 17.0 Å². The van der Waals surface area contributed by atoms with Crippen LogP contribution in [-0.2, 0) is 12.7 Å². The molecule has 102 valence electrons. The number of aromatic nitrogens is 2. The summed E-state index contributed by atoms with van der Waals surface area (Å²) >= 11 is 0.193. The van der Waals surface area contributed by atoms with E-state index in [0.717, 1.165) is 6.07 Å². The molecule has 0 amide bonds. The number of benzene rings is 1. The summed E-state index contributed by atoms with van der Waals surface area (Å²) in [6.07, 6.45) is -4.60. The summed E-state index contributed by atoms with van der Waals surface area (Å²) in [6.45, 7) is 0.147. The maximum atomic E-state index is 13.5. The molecule has 4 nitrogen and oxygen atoms in total. The molecule has 2 N–H and O–H groups in total. The largest absolute Gasteiger partial charge is 0.445 e. The number of nitrogens with zero attached hydrogens (tertiary/aromatic N) is 2. The van der Waals surface area contributed by atoms with Crippen molar-refractivity contribution in [3.8, 4) is 10.9 Å². The summed E-state index contributed by atoms with van der Waals surface area (Å²) in [5.41, 5.74) is 5.86. The number of alkyl halides is 3. The van der Waals surface area contributed by atoms with E-state index in [0.29, 0.717) is 5.56 Å². The number of nitrogens with two attached hydrogens (primary N) is 1. The molecule has 1 heterocycles. The fourth-order valence-electron chi connectivity index (χ4n) is 1.21. The highest BCUT2D eigenvalue weighted by Crippen LogP contribution is 2.35. The Kier molecular flexibility index (Phi) is 3.67. The lowest BCUT2D eigenvalue weighted by molar-refractivity contribution is -0.138. The van der Waals surface area contributed by atoms with Gasteiger partial charge in [-0.2, -0.15) is 13.2 Å². The third kappa shape index (κ3) is 3.18. The van der Waals surface area contributed by atoms with Crippen LogP contribution in [0.25, 0.3) is 0 Å². The molecule has 0 atom stereocenters. The lowest BCUT2D eigenvalue weighted by atomic mass is 10.2. The van der Waals surface area contributed by atoms with Gasteiger partial charge in [0.2, 0.25) is 5.01 Å². The van der Waals surface area contributed by atoms with Gasteiger partial charge in [0, 0.05) is 6.54 Å². The zero-order valence-corrected chi connectivity index (χ0v) is 10.1. The first-order valence-electron chi connectivity index (χ1n) is 4.97. The lowest BCUT2D eigenvalue weighted by Gasteiger charge is -2.04. The number of halogens is 4. The van der Waals surface area contributed by atoms with Crippen molar-refractivity contribution in [3.05, 3.63) is 34.6 Å². The Hall–Kier alpha value is -1.74. The minimum atomic E-state index is -4.60. The highest BCUT2D eigenvalue weighted by molar-refractivity contribution is 7.13. The summed E-state index contributed by atoms with van der Waals surface area (Å²) in [4.78, 5) is 0. The molecule has 19 heavy (non-hydrogen) atoms. The predicted molar refractivity (Wildman–Crippen MR) is 59.3 cm³/mol. The van der Waals surface area contributed by atoms with Crippen LogP contribution < -0.4 is 10.5 Å². The summed E-state index contributed by atoms with van der Waals surface area (Å²) in [6, 6.07) is 3.91. The minimum absolute atomic E-state index is 0.147. The molecule has 0 radical (unpaired) electrons. The van der Waals surface area contributed by atoms with E-state index in [1.165, 1.54) is 12.1 Å². The van der Waals surface area contributed by atoms with Gasteiger partial charge in [-0.1, -0.05) is 22.5 Å². The highest BCUT2D eigenvalue weighted by atomic mass is 32.1. The Morgan fingerprint density at radius 3 is 2.53 bits per heavy atom. The van der Waals surface area contributed by atoms with Crippen molar-refractivity contribution in [3.63, 3.8) is 0 Å². The third-order valence-electron chi connectivity index (χ3n) is 2.08. The quantitative estimate of drug-likeness (QED) is 0.884. The monoisotopic (exact) mass is 293 g/mol. The van der Waals surface area contributed by atoms with Gasteiger partial charge in [-0.05, 0) is 17.7 Å². The Morgan fingerprint density at radius 1 is 1.26 bits per heavy atom. The van der Waals surface area contributed by atoms with Crippen LogP contribution in [0.15, 0.2) is 18.2 Å². The normalized spacial score (nSPS) is 11.6. The molecule has 1 aromatic carbocycles. The van der Waals surface area contributed by atoms with Crippen LogP contribution in [0.3, 0.4) is 0 Å². The average molecular weight is 293 g/mol. The molecule has 0 aliphatic carbocycles. The van der Waals surface area contributed by atoms with Gasteiger partial charge in [-0.3, -0.25) is 0 Å². The van der Waals surface area contributed by atoms with Crippen LogP contribution in [0, 0.1) is 5.82 Å². The molecule has 0 aliphatic heterocycles. The first-order valence-corrected chi connectivity index (χ1v) is 5.79. The van der Waals surface area contributed by atoms with Gasteiger partial charge in [0.15, 0.2) is 11.6 Å². The highest BCUT2D eigenvalue weighted by Gasteiger charge is 2.36. The Morgan fingerprint density at radius 2 is 2.00 bits per heavy atom. The van der Waals surface area contributed by atoms with Crippen molar-refractivity contribution in [2.75, 3.05) is 0 Å². The number of hydrogen-bond donors (Lipinski definition) is 1. The predicted octanol–water partition coefficient (Wildman–Crippen LogP) is 2.95. The van der Waals surface area contributed by atoms with E-state index in [-0.39, 0.29) is 28.8 Å². The maximum absolute atomic E-state index is 13.5. The minimum Gasteiger partial charge on any atom is -0.427 e. The molecular formula is C10H7F4N3OS. The molecule has 0 saturated heterocycles. The van der Waals surface area contributed by atoms with Gasteiger partial charge in [0.05, 0.1) is 0 Å². The molecule has 1 aromatic heterocycles. The fraction of sp³-hybridized carbons (Fsp3) is 0.200. The summed E-state index contributed by atoms with van der Waals surface area (Å²) in [5, 5.41) is 4.59. The van der Waals surface area contributed by atoms with E-state index in [9.17, 15) is 17.6 Å². The second kappa shape index (κ2) is 5.10. The zero-order chi connectivity index (χ0) is 14.0. The van der Waals surface area contributed by atoms with E-state index >= 15 is 0 Å². The molecule has 9 heteroatoms. The first kappa shape index (κ1) is 13.7. The molecule has 0 unspecified atom stereocenters. The van der Waals surface area contributed by atoms with Crippen LogP contribution in [-0.4, -0.2) is 10.2 Å². The maximum Gasteiger partial charge on any atom is 0.445 e. The Labute approximate surface area is 108 Å². The third-order valence-corrected chi connectivity index (χ3v) is 2.92. The molecular weight excluding hydrogens is 286 g/mol. The Bertz CT molecular complexity index is 584. The summed E-state index contributed by atoms with van der Waals surface area (Å²) < 4.78 is 55.3. The SMILES string of the molecule is NCc1ccc(Oc2nnc(C(F)(F)F)s2)c(F)c1. The van der Waals surface area contributed by atoms with Crippen molar-refractivity contribution in [2.24, 2.45) is 5.73 Å². The van der Waals surface area contributed by atoms with Gasteiger partial charge in [-0.15, -0.1) is 5.10 Å². The standard InChI is InChI=1S/C10H7F4N3OS/c11-6-3-5(4-15)1-2-7(6)18-9-17-16-8(19-9)10(12,13)14/h1-3H,4,15H2. The van der Waals surface area contributed by atoms with Crippen LogP contribution in [0.1, 0.15) is 10.6 Å². The average Bonchev–Trinajstić information content (AvgIpc) is 2.80. The van der Waals surface area contributed by atoms with Crippen LogP contribution in [0.5, 0.6) is 10.9 Å². The van der Waals surface area contributed by atoms with Crippen LogP contribution in [0.2, 0.25) is 0 Å². The van der Waals surface area contributed by atoms with Crippen molar-refractivity contribution in [1.82, 2.24) is 10.2 Å². The van der Waals surface area contributed by atoms with E-state index in [4.69, 9.17) is 10.5 Å². The van der Waals surface area contributed by atoms with Crippen molar-refractivity contribution >= 4 is 11.3 Å². The molecule has 0 aliphatic rings. The first-order chi connectivity index (χ1) is 8.90. The molecule has 2 aromatic rings. The zero-order valence-electron chi connectivity index (χ0n) is 9.24. The van der Waals surface area contributed by atoms with Gasteiger partial charge in [0.25, 0.3) is 5.19 Å².